The number of unbranched alkanes of at least 4 members (excludes halogenated alkanes) is 2. The van der Waals surface area contributed by atoms with Crippen LogP contribution in [0, 0.1) is 17.5 Å². The molecule has 0 atom stereocenters. The predicted octanol–water partition coefficient (Wildman–Crippen LogP) is 3.84. The molecule has 1 aromatic carbocycles. The summed E-state index contributed by atoms with van der Waals surface area (Å²) in [6.07, 6.45) is 3.26. The van der Waals surface area contributed by atoms with Gasteiger partial charge in [-0.2, -0.15) is 0 Å². The van der Waals surface area contributed by atoms with E-state index in [1.807, 2.05) is 6.92 Å². The lowest BCUT2D eigenvalue weighted by atomic mass is 10.1. The van der Waals surface area contributed by atoms with Crippen molar-refractivity contribution in [1.82, 2.24) is 0 Å². The average molecular weight is 202 g/mol. The van der Waals surface area contributed by atoms with Gasteiger partial charge in [-0.25, -0.2) is 13.2 Å². The van der Waals surface area contributed by atoms with E-state index >= 15 is 0 Å². The van der Waals surface area contributed by atoms with Crippen molar-refractivity contribution < 1.29 is 13.2 Å². The van der Waals surface area contributed by atoms with Crippen LogP contribution in [-0.4, -0.2) is 0 Å². The molecule has 0 spiro atoms. The van der Waals surface area contributed by atoms with Crippen molar-refractivity contribution in [3.63, 3.8) is 0 Å². The highest BCUT2D eigenvalue weighted by atomic mass is 19.2. The fourth-order valence-electron chi connectivity index (χ4n) is 1.32. The summed E-state index contributed by atoms with van der Waals surface area (Å²) in [5, 5.41) is 0. The second-order valence-electron chi connectivity index (χ2n) is 3.29. The van der Waals surface area contributed by atoms with Crippen molar-refractivity contribution in [2.75, 3.05) is 0 Å². The van der Waals surface area contributed by atoms with Crippen molar-refractivity contribution in [1.29, 1.82) is 0 Å². The molecule has 1 rings (SSSR count). The Balaban J connectivity index is 2.73. The van der Waals surface area contributed by atoms with Gasteiger partial charge in [-0.05, 0) is 24.5 Å². The van der Waals surface area contributed by atoms with Crippen LogP contribution in [0.2, 0.25) is 0 Å². The fraction of sp³-hybridized carbons (Fsp3) is 0.455. The van der Waals surface area contributed by atoms with Crippen molar-refractivity contribution in [2.24, 2.45) is 0 Å². The lowest BCUT2D eigenvalue weighted by Gasteiger charge is -2.03. The smallest absolute Gasteiger partial charge is 0.194 e. The van der Waals surface area contributed by atoms with Crippen LogP contribution in [0.15, 0.2) is 12.1 Å². The first-order valence-electron chi connectivity index (χ1n) is 4.79. The lowest BCUT2D eigenvalue weighted by Crippen LogP contribution is -1.97. The van der Waals surface area contributed by atoms with Crippen LogP contribution in [0.4, 0.5) is 13.2 Å². The molecule has 14 heavy (non-hydrogen) atoms. The molecular weight excluding hydrogens is 189 g/mol. The Morgan fingerprint density at radius 3 is 2.36 bits per heavy atom. The number of aryl methyl sites for hydroxylation is 1. The largest absolute Gasteiger partial charge is 0.204 e. The van der Waals surface area contributed by atoms with Crippen molar-refractivity contribution >= 4 is 0 Å². The van der Waals surface area contributed by atoms with Gasteiger partial charge in [0.15, 0.2) is 17.5 Å². The van der Waals surface area contributed by atoms with E-state index in [0.29, 0.717) is 6.42 Å². The minimum Gasteiger partial charge on any atom is -0.204 e. The van der Waals surface area contributed by atoms with Gasteiger partial charge in [0.2, 0.25) is 0 Å². The van der Waals surface area contributed by atoms with Gasteiger partial charge in [-0.3, -0.25) is 0 Å². The minimum atomic E-state index is -1.36. The van der Waals surface area contributed by atoms with Crippen LogP contribution in [-0.2, 0) is 6.42 Å². The first-order valence-corrected chi connectivity index (χ1v) is 4.79. The molecule has 3 heteroatoms. The monoisotopic (exact) mass is 202 g/mol. The molecule has 0 aliphatic rings. The molecule has 0 fully saturated rings. The third-order valence-electron chi connectivity index (χ3n) is 2.16. The Kier molecular flexibility index (Phi) is 3.98. The standard InChI is InChI=1S/C11H13F3/c1-2-3-4-5-8-6-7-9(12)11(14)10(8)13/h6-7H,2-5H2,1H3. The van der Waals surface area contributed by atoms with E-state index < -0.39 is 17.5 Å². The minimum absolute atomic E-state index is 0.261. The quantitative estimate of drug-likeness (QED) is 0.514. The first kappa shape index (κ1) is 11.1. The second kappa shape index (κ2) is 5.03. The van der Waals surface area contributed by atoms with Gasteiger partial charge in [0.05, 0.1) is 0 Å². The van der Waals surface area contributed by atoms with E-state index in [9.17, 15) is 13.2 Å². The van der Waals surface area contributed by atoms with Crippen LogP contribution in [0.5, 0.6) is 0 Å². The van der Waals surface area contributed by atoms with Crippen LogP contribution < -0.4 is 0 Å². The van der Waals surface area contributed by atoms with Crippen molar-refractivity contribution in [3.8, 4) is 0 Å². The maximum Gasteiger partial charge on any atom is 0.194 e. The first-order chi connectivity index (χ1) is 6.66. The molecule has 0 aliphatic heterocycles. The molecule has 0 amide bonds. The summed E-state index contributed by atoms with van der Waals surface area (Å²) in [5.41, 5.74) is 0.261. The fourth-order valence-corrected chi connectivity index (χ4v) is 1.32. The van der Waals surface area contributed by atoms with Gasteiger partial charge in [0.1, 0.15) is 0 Å². The highest BCUT2D eigenvalue weighted by Crippen LogP contribution is 2.17. The van der Waals surface area contributed by atoms with E-state index in [1.54, 1.807) is 0 Å². The zero-order valence-electron chi connectivity index (χ0n) is 8.12. The zero-order valence-corrected chi connectivity index (χ0v) is 8.12. The summed E-state index contributed by atoms with van der Waals surface area (Å²) >= 11 is 0. The van der Waals surface area contributed by atoms with Crippen LogP contribution in [0.3, 0.4) is 0 Å². The average Bonchev–Trinajstić information content (AvgIpc) is 2.18. The Bertz CT molecular complexity index is 308. The van der Waals surface area contributed by atoms with Gasteiger partial charge in [0, 0.05) is 0 Å². The molecule has 0 bridgehead atoms. The van der Waals surface area contributed by atoms with Crippen LogP contribution >= 0.6 is 0 Å². The summed E-state index contributed by atoms with van der Waals surface area (Å²) in [6.45, 7) is 2.03. The summed E-state index contributed by atoms with van der Waals surface area (Å²) in [7, 11) is 0. The van der Waals surface area contributed by atoms with E-state index in [1.165, 1.54) is 6.07 Å². The van der Waals surface area contributed by atoms with E-state index in [0.717, 1.165) is 25.3 Å². The molecule has 0 radical (unpaired) electrons. The van der Waals surface area contributed by atoms with Crippen molar-refractivity contribution in [3.05, 3.63) is 35.1 Å². The summed E-state index contributed by atoms with van der Waals surface area (Å²) < 4.78 is 38.4. The molecule has 0 aliphatic carbocycles. The SMILES string of the molecule is CCCCCc1ccc(F)c(F)c1F. The van der Waals surface area contributed by atoms with Crippen LogP contribution in [0.1, 0.15) is 31.7 Å². The number of rotatable bonds is 4. The zero-order chi connectivity index (χ0) is 10.6. The number of halogens is 3. The summed E-state index contributed by atoms with van der Waals surface area (Å²) in [6, 6.07) is 2.28. The van der Waals surface area contributed by atoms with E-state index in [4.69, 9.17) is 0 Å². The molecule has 0 saturated heterocycles. The predicted molar refractivity (Wildman–Crippen MR) is 49.5 cm³/mol. The van der Waals surface area contributed by atoms with E-state index in [2.05, 4.69) is 0 Å². The second-order valence-corrected chi connectivity index (χ2v) is 3.29. The highest BCUT2D eigenvalue weighted by Gasteiger charge is 2.12. The normalized spacial score (nSPS) is 10.6. The number of hydrogen-bond donors (Lipinski definition) is 0. The van der Waals surface area contributed by atoms with Gasteiger partial charge in [0.25, 0.3) is 0 Å². The molecular formula is C11H13F3. The number of hydrogen-bond acceptors (Lipinski definition) is 0. The third-order valence-corrected chi connectivity index (χ3v) is 2.16. The Morgan fingerprint density at radius 1 is 1.00 bits per heavy atom. The molecule has 0 unspecified atom stereocenters. The van der Waals surface area contributed by atoms with Gasteiger partial charge >= 0.3 is 0 Å². The summed E-state index contributed by atoms with van der Waals surface area (Å²) in [4.78, 5) is 0. The van der Waals surface area contributed by atoms with Crippen molar-refractivity contribution in [2.45, 2.75) is 32.6 Å². The molecule has 1 aromatic rings. The molecule has 0 nitrogen and oxygen atoms in total. The van der Waals surface area contributed by atoms with Gasteiger partial charge in [-0.15, -0.1) is 0 Å². The maximum atomic E-state index is 13.1. The Morgan fingerprint density at radius 2 is 1.71 bits per heavy atom. The lowest BCUT2D eigenvalue weighted by molar-refractivity contribution is 0.439. The molecule has 0 saturated carbocycles. The van der Waals surface area contributed by atoms with Gasteiger partial charge in [-0.1, -0.05) is 25.8 Å². The number of benzene rings is 1. The van der Waals surface area contributed by atoms with Crippen LogP contribution in [0.25, 0.3) is 0 Å². The maximum absolute atomic E-state index is 13.1. The third kappa shape index (κ3) is 2.50. The summed E-state index contributed by atoms with van der Waals surface area (Å²) in [5.74, 6) is -3.53. The highest BCUT2D eigenvalue weighted by molar-refractivity contribution is 5.20. The van der Waals surface area contributed by atoms with E-state index in [-0.39, 0.29) is 5.56 Å². The topological polar surface area (TPSA) is 0 Å². The van der Waals surface area contributed by atoms with Gasteiger partial charge < -0.3 is 0 Å². The molecule has 78 valence electrons. The molecule has 0 heterocycles. The molecule has 0 N–H and O–H groups in total. The Labute approximate surface area is 81.8 Å². The molecule has 0 aromatic heterocycles. The Hall–Kier alpha value is -0.990.